The number of ether oxygens (including phenoxy) is 1. The topological polar surface area (TPSA) is 47.0 Å². The number of halogens is 4. The molecule has 0 saturated carbocycles. The van der Waals surface area contributed by atoms with Crippen molar-refractivity contribution < 1.29 is 22.3 Å². The predicted molar refractivity (Wildman–Crippen MR) is 101 cm³/mol. The van der Waals surface area contributed by atoms with Gasteiger partial charge >= 0.3 is 6.18 Å². The normalized spacial score (nSPS) is 11.4. The molecule has 0 atom stereocenters. The van der Waals surface area contributed by atoms with E-state index in [0.29, 0.717) is 28.2 Å². The fraction of sp³-hybridized carbons (Fsp3) is 0.0476. The van der Waals surface area contributed by atoms with Crippen LogP contribution in [-0.4, -0.2) is 9.97 Å². The number of anilines is 2. The molecule has 0 aliphatic carbocycles. The molecule has 3 aromatic carbocycles. The molecule has 8 heteroatoms. The summed E-state index contributed by atoms with van der Waals surface area (Å²) in [7, 11) is 0. The van der Waals surface area contributed by atoms with Crippen LogP contribution in [0.5, 0.6) is 11.5 Å². The van der Waals surface area contributed by atoms with Crippen LogP contribution < -0.4 is 10.1 Å². The van der Waals surface area contributed by atoms with Crippen LogP contribution in [0.4, 0.5) is 29.1 Å². The van der Waals surface area contributed by atoms with E-state index in [2.05, 4.69) is 15.3 Å². The van der Waals surface area contributed by atoms with Gasteiger partial charge in [-0.2, -0.15) is 13.2 Å². The standard InChI is InChI=1S/C21H13F4N3O/c22-14-4-9-18-19(11-14)26-12-27-20(18)28-15-5-7-16(8-6-15)29-17-3-1-2-13(10-17)21(23,24)25/h1-12H,(H,26,27,28). The number of aromatic nitrogens is 2. The average Bonchev–Trinajstić information content (AvgIpc) is 2.69. The molecule has 4 aromatic rings. The molecule has 1 aromatic heterocycles. The van der Waals surface area contributed by atoms with Crippen molar-refractivity contribution in [2.75, 3.05) is 5.32 Å². The van der Waals surface area contributed by atoms with E-state index >= 15 is 0 Å². The van der Waals surface area contributed by atoms with E-state index in [-0.39, 0.29) is 5.75 Å². The summed E-state index contributed by atoms with van der Waals surface area (Å²) in [6.07, 6.45) is -3.11. The molecule has 0 radical (unpaired) electrons. The summed E-state index contributed by atoms with van der Waals surface area (Å²) in [6.45, 7) is 0. The molecule has 0 aliphatic rings. The zero-order valence-electron chi connectivity index (χ0n) is 14.7. The first-order valence-electron chi connectivity index (χ1n) is 8.51. The van der Waals surface area contributed by atoms with Gasteiger partial charge in [0.25, 0.3) is 0 Å². The van der Waals surface area contributed by atoms with E-state index in [4.69, 9.17) is 4.74 Å². The number of alkyl halides is 3. The van der Waals surface area contributed by atoms with Gasteiger partial charge in [-0.25, -0.2) is 14.4 Å². The van der Waals surface area contributed by atoms with Crippen LogP contribution in [0.2, 0.25) is 0 Å². The third-order valence-electron chi connectivity index (χ3n) is 4.11. The molecule has 0 fully saturated rings. The zero-order chi connectivity index (χ0) is 20.4. The van der Waals surface area contributed by atoms with Gasteiger partial charge in [-0.3, -0.25) is 0 Å². The summed E-state index contributed by atoms with van der Waals surface area (Å²) in [4.78, 5) is 8.21. The molecule has 1 heterocycles. The third kappa shape index (κ3) is 4.26. The molecule has 146 valence electrons. The SMILES string of the molecule is Fc1ccc2c(Nc3ccc(Oc4cccc(C(F)(F)F)c4)cc3)ncnc2c1. The van der Waals surface area contributed by atoms with Crippen molar-refractivity contribution in [2.24, 2.45) is 0 Å². The Morgan fingerprint density at radius 3 is 2.38 bits per heavy atom. The first kappa shape index (κ1) is 18.7. The number of rotatable bonds is 4. The predicted octanol–water partition coefficient (Wildman–Crippen LogP) is 6.32. The monoisotopic (exact) mass is 399 g/mol. The van der Waals surface area contributed by atoms with Crippen LogP contribution in [0.15, 0.2) is 73.1 Å². The second-order valence-corrected chi connectivity index (χ2v) is 6.16. The molecule has 0 bridgehead atoms. The largest absolute Gasteiger partial charge is 0.457 e. The van der Waals surface area contributed by atoms with Crippen LogP contribution >= 0.6 is 0 Å². The molecule has 4 nitrogen and oxygen atoms in total. The van der Waals surface area contributed by atoms with Crippen LogP contribution in [0.25, 0.3) is 10.9 Å². The molecule has 0 unspecified atom stereocenters. The van der Waals surface area contributed by atoms with Gasteiger partial charge in [0.15, 0.2) is 0 Å². The Hall–Kier alpha value is -3.68. The first-order chi connectivity index (χ1) is 13.9. The van der Waals surface area contributed by atoms with E-state index in [1.807, 2.05) is 0 Å². The number of hydrogen-bond donors (Lipinski definition) is 1. The summed E-state index contributed by atoms with van der Waals surface area (Å²) in [6, 6.07) is 15.5. The van der Waals surface area contributed by atoms with Gasteiger partial charge < -0.3 is 10.1 Å². The Balaban J connectivity index is 1.52. The fourth-order valence-corrected chi connectivity index (χ4v) is 2.74. The number of hydrogen-bond acceptors (Lipinski definition) is 4. The zero-order valence-corrected chi connectivity index (χ0v) is 14.7. The highest BCUT2D eigenvalue weighted by Gasteiger charge is 2.30. The minimum atomic E-state index is -4.43. The number of fused-ring (bicyclic) bond motifs is 1. The quantitative estimate of drug-likeness (QED) is 0.408. The van der Waals surface area contributed by atoms with E-state index in [9.17, 15) is 17.6 Å². The van der Waals surface area contributed by atoms with Crippen molar-refractivity contribution in [2.45, 2.75) is 6.18 Å². The lowest BCUT2D eigenvalue weighted by Gasteiger charge is -2.11. The summed E-state index contributed by atoms with van der Waals surface area (Å²) < 4.78 is 57.3. The van der Waals surface area contributed by atoms with Gasteiger partial charge in [0.05, 0.1) is 11.1 Å². The highest BCUT2D eigenvalue weighted by Crippen LogP contribution is 2.33. The lowest BCUT2D eigenvalue weighted by atomic mass is 10.2. The molecular formula is C21H13F4N3O. The molecule has 0 amide bonds. The second kappa shape index (κ2) is 7.38. The van der Waals surface area contributed by atoms with Crippen LogP contribution in [0.3, 0.4) is 0 Å². The first-order valence-corrected chi connectivity index (χ1v) is 8.51. The molecule has 29 heavy (non-hydrogen) atoms. The van der Waals surface area contributed by atoms with Crippen molar-refractivity contribution >= 4 is 22.4 Å². The van der Waals surface area contributed by atoms with Gasteiger partial charge in [-0.15, -0.1) is 0 Å². The van der Waals surface area contributed by atoms with E-state index < -0.39 is 17.6 Å². The average molecular weight is 399 g/mol. The van der Waals surface area contributed by atoms with Crippen LogP contribution in [0.1, 0.15) is 5.56 Å². The van der Waals surface area contributed by atoms with Crippen molar-refractivity contribution in [3.63, 3.8) is 0 Å². The molecule has 0 aliphatic heterocycles. The third-order valence-corrected chi connectivity index (χ3v) is 4.11. The highest BCUT2D eigenvalue weighted by molar-refractivity contribution is 5.90. The van der Waals surface area contributed by atoms with Crippen LogP contribution in [0, 0.1) is 5.82 Å². The minimum absolute atomic E-state index is 0.0874. The number of benzene rings is 3. The Morgan fingerprint density at radius 1 is 0.828 bits per heavy atom. The summed E-state index contributed by atoms with van der Waals surface area (Å²) in [5.74, 6) is 0.577. The van der Waals surface area contributed by atoms with Crippen LogP contribution in [-0.2, 0) is 6.18 Å². The van der Waals surface area contributed by atoms with Crippen molar-refractivity contribution in [1.29, 1.82) is 0 Å². The highest BCUT2D eigenvalue weighted by atomic mass is 19.4. The van der Waals surface area contributed by atoms with Gasteiger partial charge in [-0.1, -0.05) is 6.07 Å². The molecular weight excluding hydrogens is 386 g/mol. The van der Waals surface area contributed by atoms with Gasteiger partial charge in [0.2, 0.25) is 0 Å². The lowest BCUT2D eigenvalue weighted by Crippen LogP contribution is -2.04. The fourth-order valence-electron chi connectivity index (χ4n) is 2.74. The van der Waals surface area contributed by atoms with E-state index in [1.54, 1.807) is 30.3 Å². The maximum absolute atomic E-state index is 13.4. The Labute approximate surface area is 162 Å². The minimum Gasteiger partial charge on any atom is -0.457 e. The number of nitrogens with one attached hydrogen (secondary N) is 1. The van der Waals surface area contributed by atoms with Gasteiger partial charge in [0, 0.05) is 17.1 Å². The van der Waals surface area contributed by atoms with E-state index in [0.717, 1.165) is 12.1 Å². The van der Waals surface area contributed by atoms with E-state index in [1.165, 1.54) is 30.6 Å². The summed E-state index contributed by atoms with van der Waals surface area (Å²) >= 11 is 0. The Morgan fingerprint density at radius 2 is 1.62 bits per heavy atom. The van der Waals surface area contributed by atoms with Crippen molar-refractivity contribution in [3.05, 3.63) is 84.4 Å². The second-order valence-electron chi connectivity index (χ2n) is 6.16. The maximum Gasteiger partial charge on any atom is 0.416 e. The van der Waals surface area contributed by atoms with Gasteiger partial charge in [0.1, 0.15) is 29.5 Å². The van der Waals surface area contributed by atoms with Crippen molar-refractivity contribution in [3.8, 4) is 11.5 Å². The molecule has 0 spiro atoms. The Bertz CT molecular complexity index is 1160. The smallest absolute Gasteiger partial charge is 0.416 e. The lowest BCUT2D eigenvalue weighted by molar-refractivity contribution is -0.137. The summed E-state index contributed by atoms with van der Waals surface area (Å²) in [5, 5.41) is 3.76. The van der Waals surface area contributed by atoms with Gasteiger partial charge in [-0.05, 0) is 54.6 Å². The molecule has 4 rings (SSSR count). The molecule has 1 N–H and O–H groups in total. The molecule has 0 saturated heterocycles. The summed E-state index contributed by atoms with van der Waals surface area (Å²) in [5.41, 5.74) is 0.359. The Kier molecular flexibility index (Phi) is 4.75. The maximum atomic E-state index is 13.4. The number of nitrogens with zero attached hydrogens (tertiary/aromatic N) is 2. The van der Waals surface area contributed by atoms with Crippen molar-refractivity contribution in [1.82, 2.24) is 9.97 Å².